The highest BCUT2D eigenvalue weighted by atomic mass is 35.5. The highest BCUT2D eigenvalue weighted by molar-refractivity contribution is 6.32. The van der Waals surface area contributed by atoms with Crippen LogP contribution in [0.5, 0.6) is 0 Å². The van der Waals surface area contributed by atoms with E-state index in [1.54, 1.807) is 19.1 Å². The molecule has 0 bridgehead atoms. The summed E-state index contributed by atoms with van der Waals surface area (Å²) in [6, 6.07) is 8.78. The molecule has 0 atom stereocenters. The first-order valence-electron chi connectivity index (χ1n) is 13.2. The minimum absolute atomic E-state index is 0.0263. The van der Waals surface area contributed by atoms with Crippen LogP contribution in [-0.2, 0) is 6.54 Å². The molecule has 0 spiro atoms. The Kier molecular flexibility index (Phi) is 10.9. The number of carbonyl (C=O) groups is 1. The number of hydrogen-bond donors (Lipinski definition) is 4. The van der Waals surface area contributed by atoms with Crippen molar-refractivity contribution >= 4 is 35.1 Å². The van der Waals surface area contributed by atoms with Crippen molar-refractivity contribution in [2.75, 3.05) is 12.4 Å². The lowest BCUT2D eigenvalue weighted by atomic mass is 10.0. The second kappa shape index (κ2) is 13.9. The maximum Gasteiger partial charge on any atom is 0.460 e. The molecule has 0 radical (unpaired) electrons. The number of anilines is 1. The van der Waals surface area contributed by atoms with Gasteiger partial charge >= 0.3 is 18.0 Å². The van der Waals surface area contributed by atoms with Crippen molar-refractivity contribution in [2.24, 2.45) is 10.8 Å². The Bertz CT molecular complexity index is 1570. The summed E-state index contributed by atoms with van der Waals surface area (Å²) in [5.74, 6) is -14.5. The first-order chi connectivity index (χ1) is 20.9. The van der Waals surface area contributed by atoms with Crippen LogP contribution in [0.25, 0.3) is 11.5 Å². The predicted octanol–water partition coefficient (Wildman–Crippen LogP) is 6.00. The van der Waals surface area contributed by atoms with Gasteiger partial charge in [0.25, 0.3) is 0 Å². The number of alkyl halides is 7. The van der Waals surface area contributed by atoms with Gasteiger partial charge in [0.2, 0.25) is 0 Å². The number of aryl methyl sites for hydroxylation is 2. The van der Waals surface area contributed by atoms with Gasteiger partial charge < -0.3 is 21.8 Å². The molecule has 1 aromatic carbocycles. The fraction of sp³-hybridized carbons (Fsp3) is 0.357. The zero-order chi connectivity index (χ0) is 33.7. The van der Waals surface area contributed by atoms with Crippen molar-refractivity contribution in [1.82, 2.24) is 25.5 Å². The number of hydrazone groups is 1. The SMILES string of the molecule is C=C(Nc1c(C)cc(C)cc1C=O)c1cc(CN/N=C(\N)C(F)(F)C(F)(F)C(F)(F)F)nn1-c1ncccc1Cl.CNC1CC1. The van der Waals surface area contributed by atoms with Crippen LogP contribution in [0.15, 0.2) is 48.2 Å². The van der Waals surface area contributed by atoms with Crippen molar-refractivity contribution in [2.45, 2.75) is 57.3 Å². The minimum Gasteiger partial charge on any atom is -0.380 e. The van der Waals surface area contributed by atoms with Gasteiger partial charge in [-0.2, -0.15) is 40.9 Å². The maximum atomic E-state index is 13.7. The van der Waals surface area contributed by atoms with Crippen molar-refractivity contribution in [3.63, 3.8) is 0 Å². The zero-order valence-corrected chi connectivity index (χ0v) is 25.0. The number of aromatic nitrogens is 3. The number of nitrogens with zero attached hydrogens (tertiary/aromatic N) is 4. The Labute approximate surface area is 258 Å². The number of rotatable bonds is 11. The van der Waals surface area contributed by atoms with E-state index >= 15 is 0 Å². The van der Waals surface area contributed by atoms with Crippen molar-refractivity contribution in [3.05, 3.63) is 76.2 Å². The standard InChI is InChI=1S/C24H21ClF7N7O.C4H9N/c1-12-7-13(2)19(15(8-12)11-40)36-14(3)18-9-16(38-39(18)20-17(25)5-4-6-34-20)10-35-37-21(33)22(26,27)23(28,29)24(30,31)32;1-5-4-2-3-4/h4-9,11,35-36H,3,10H2,1-2H3,(H2,33,37);4-5H,2-3H2,1H3. The quantitative estimate of drug-likeness (QED) is 0.0654. The van der Waals surface area contributed by atoms with Gasteiger partial charge in [0.15, 0.2) is 17.9 Å². The van der Waals surface area contributed by atoms with E-state index < -0.39 is 30.4 Å². The Morgan fingerprint density at radius 3 is 2.38 bits per heavy atom. The van der Waals surface area contributed by atoms with Crippen molar-refractivity contribution < 1.29 is 35.5 Å². The summed E-state index contributed by atoms with van der Waals surface area (Å²) < 4.78 is 92.4. The van der Waals surface area contributed by atoms with Gasteiger partial charge in [-0.05, 0) is 63.6 Å². The van der Waals surface area contributed by atoms with Crippen LogP contribution in [0.3, 0.4) is 0 Å². The number of halogens is 8. The second-order valence-corrected chi connectivity index (χ2v) is 10.5. The molecule has 45 heavy (non-hydrogen) atoms. The van der Waals surface area contributed by atoms with Crippen molar-refractivity contribution in [3.8, 4) is 5.82 Å². The summed E-state index contributed by atoms with van der Waals surface area (Å²) in [5, 5.41) is 13.4. The highest BCUT2D eigenvalue weighted by Gasteiger charge is 2.75. The lowest BCUT2D eigenvalue weighted by molar-refractivity contribution is -0.336. The van der Waals surface area contributed by atoms with Crippen LogP contribution >= 0.6 is 11.6 Å². The summed E-state index contributed by atoms with van der Waals surface area (Å²) in [6.07, 6.45) is -1.71. The Morgan fingerprint density at radius 1 is 1.18 bits per heavy atom. The molecule has 17 heteroatoms. The van der Waals surface area contributed by atoms with Crippen LogP contribution in [-0.4, -0.2) is 58.0 Å². The van der Waals surface area contributed by atoms with Crippen LogP contribution in [0, 0.1) is 13.8 Å². The number of nitrogens with one attached hydrogen (secondary N) is 3. The largest absolute Gasteiger partial charge is 0.460 e. The van der Waals surface area contributed by atoms with E-state index in [2.05, 4.69) is 32.4 Å². The fourth-order valence-electron chi connectivity index (χ4n) is 3.89. The smallest absolute Gasteiger partial charge is 0.380 e. The molecule has 0 saturated heterocycles. The molecular formula is C28H30ClF7N8O. The number of benzene rings is 1. The van der Waals surface area contributed by atoms with Crippen LogP contribution in [0.1, 0.15) is 45.7 Å². The molecule has 9 nitrogen and oxygen atoms in total. The molecule has 4 rings (SSSR count). The number of hydrogen-bond acceptors (Lipinski definition) is 7. The van der Waals surface area contributed by atoms with Gasteiger partial charge in [0.1, 0.15) is 0 Å². The normalized spacial score (nSPS) is 14.0. The van der Waals surface area contributed by atoms with Crippen LogP contribution < -0.4 is 21.8 Å². The molecule has 3 aromatic rings. The molecule has 2 heterocycles. The molecule has 0 aliphatic heterocycles. The Balaban J connectivity index is 0.00000100. The summed E-state index contributed by atoms with van der Waals surface area (Å²) in [4.78, 5) is 15.8. The summed E-state index contributed by atoms with van der Waals surface area (Å²) in [7, 11) is 2.01. The molecule has 1 saturated carbocycles. The van der Waals surface area contributed by atoms with E-state index in [9.17, 15) is 35.5 Å². The van der Waals surface area contributed by atoms with Gasteiger partial charge in [0, 0.05) is 17.8 Å². The Morgan fingerprint density at radius 2 is 1.84 bits per heavy atom. The highest BCUT2D eigenvalue weighted by Crippen LogP contribution is 2.46. The van der Waals surface area contributed by atoms with E-state index in [1.165, 1.54) is 35.9 Å². The fourth-order valence-corrected chi connectivity index (χ4v) is 4.09. The molecule has 1 aliphatic carbocycles. The van der Waals surface area contributed by atoms with Gasteiger partial charge in [-0.3, -0.25) is 4.79 Å². The lowest BCUT2D eigenvalue weighted by Crippen LogP contribution is -2.58. The molecule has 1 fully saturated rings. The van der Waals surface area contributed by atoms with E-state index in [4.69, 9.17) is 17.3 Å². The molecule has 0 unspecified atom stereocenters. The van der Waals surface area contributed by atoms with Crippen LogP contribution in [0.2, 0.25) is 5.02 Å². The van der Waals surface area contributed by atoms with E-state index in [1.807, 2.05) is 25.5 Å². The summed E-state index contributed by atoms with van der Waals surface area (Å²) >= 11 is 6.25. The topological polar surface area (TPSA) is 122 Å². The second-order valence-electron chi connectivity index (χ2n) is 10.1. The minimum atomic E-state index is -6.57. The molecule has 1 aliphatic rings. The van der Waals surface area contributed by atoms with Crippen molar-refractivity contribution in [1.29, 1.82) is 0 Å². The van der Waals surface area contributed by atoms with E-state index in [0.717, 1.165) is 11.6 Å². The van der Waals surface area contributed by atoms with Gasteiger partial charge in [0.05, 0.1) is 34.3 Å². The molecule has 2 aromatic heterocycles. The maximum absolute atomic E-state index is 13.7. The molecule has 5 N–H and O–H groups in total. The monoisotopic (exact) mass is 662 g/mol. The average Bonchev–Trinajstić information content (AvgIpc) is 3.72. The summed E-state index contributed by atoms with van der Waals surface area (Å²) in [5.41, 5.74) is 9.47. The Hall–Kier alpha value is -4.18. The van der Waals surface area contributed by atoms with E-state index in [0.29, 0.717) is 23.1 Å². The first-order valence-corrected chi connectivity index (χ1v) is 13.6. The number of carbonyl (C=O) groups excluding carboxylic acids is 1. The number of pyridine rings is 1. The zero-order valence-electron chi connectivity index (χ0n) is 24.2. The molecule has 244 valence electrons. The first kappa shape index (κ1) is 35.3. The third-order valence-electron chi connectivity index (χ3n) is 6.44. The third kappa shape index (κ3) is 8.11. The third-order valence-corrected chi connectivity index (χ3v) is 6.73. The number of aldehydes is 1. The number of amidine groups is 1. The molecular weight excluding hydrogens is 633 g/mol. The lowest BCUT2D eigenvalue weighted by Gasteiger charge is -2.27. The van der Waals surface area contributed by atoms with Gasteiger partial charge in [-0.25, -0.2) is 9.67 Å². The number of nitrogens with two attached hydrogens (primary N) is 1. The average molecular weight is 663 g/mol. The van der Waals surface area contributed by atoms with E-state index in [-0.39, 0.29) is 27.9 Å². The van der Waals surface area contributed by atoms with Gasteiger partial charge in [-0.15, -0.1) is 0 Å². The molecule has 0 amide bonds. The predicted molar refractivity (Wildman–Crippen MR) is 157 cm³/mol. The summed E-state index contributed by atoms with van der Waals surface area (Å²) in [6.45, 7) is 6.99. The van der Waals surface area contributed by atoms with Gasteiger partial charge in [-0.1, -0.05) is 29.8 Å². The van der Waals surface area contributed by atoms with Crippen LogP contribution in [0.4, 0.5) is 36.4 Å².